The number of carbonyl (C=O) groups is 1. The van der Waals surface area contributed by atoms with Gasteiger partial charge in [-0.2, -0.15) is 0 Å². The summed E-state index contributed by atoms with van der Waals surface area (Å²) in [5, 5.41) is 2.89. The molecule has 1 N–H and O–H groups in total. The smallest absolute Gasteiger partial charge is 0.216 e. The van der Waals surface area contributed by atoms with E-state index >= 15 is 0 Å². The first-order valence-electron chi connectivity index (χ1n) is 7.53. The summed E-state index contributed by atoms with van der Waals surface area (Å²) in [5.74, 6) is 1.04. The van der Waals surface area contributed by atoms with Gasteiger partial charge in [0, 0.05) is 19.0 Å². The Morgan fingerprint density at radius 1 is 1.33 bits per heavy atom. The van der Waals surface area contributed by atoms with E-state index in [1.54, 1.807) is 14.0 Å². The first-order valence-corrected chi connectivity index (χ1v) is 7.53. The fraction of sp³-hybridized carbons (Fsp3) is 0.389. The standard InChI is InChI=1S/C18H21NO2/c1-12(20)19-11-10-13-6-8-16-17(21-2)9-7-14-4-3-5-15(13)18(14)16/h3,5,7,9H,4,6,8,10-11H2,1-2H3,(H,19,20). The molecule has 2 aliphatic carbocycles. The van der Waals surface area contributed by atoms with Crippen LogP contribution in [-0.4, -0.2) is 19.6 Å². The Bertz CT molecular complexity index is 641. The molecule has 1 amide bonds. The van der Waals surface area contributed by atoms with Gasteiger partial charge >= 0.3 is 0 Å². The van der Waals surface area contributed by atoms with E-state index in [1.165, 1.54) is 27.8 Å². The van der Waals surface area contributed by atoms with Crippen molar-refractivity contribution in [1.29, 1.82) is 0 Å². The first kappa shape index (κ1) is 13.9. The number of allylic oxidation sites excluding steroid dienone is 3. The van der Waals surface area contributed by atoms with Gasteiger partial charge in [0.2, 0.25) is 5.91 Å². The summed E-state index contributed by atoms with van der Waals surface area (Å²) in [6.07, 6.45) is 8.47. The molecule has 110 valence electrons. The molecule has 21 heavy (non-hydrogen) atoms. The number of benzene rings is 1. The van der Waals surface area contributed by atoms with Crippen LogP contribution < -0.4 is 10.1 Å². The second-order valence-corrected chi connectivity index (χ2v) is 5.64. The lowest BCUT2D eigenvalue weighted by Crippen LogP contribution is -2.22. The van der Waals surface area contributed by atoms with E-state index < -0.39 is 0 Å². The molecule has 0 aromatic heterocycles. The highest BCUT2D eigenvalue weighted by molar-refractivity contribution is 5.85. The van der Waals surface area contributed by atoms with E-state index in [-0.39, 0.29) is 5.91 Å². The van der Waals surface area contributed by atoms with E-state index in [2.05, 4.69) is 29.6 Å². The minimum atomic E-state index is 0.0401. The van der Waals surface area contributed by atoms with Crippen molar-refractivity contribution in [2.24, 2.45) is 0 Å². The zero-order chi connectivity index (χ0) is 14.8. The number of rotatable bonds is 4. The van der Waals surface area contributed by atoms with E-state index in [0.717, 1.165) is 38.0 Å². The molecule has 3 heteroatoms. The van der Waals surface area contributed by atoms with Gasteiger partial charge in [0.1, 0.15) is 5.75 Å². The van der Waals surface area contributed by atoms with Crippen LogP contribution in [0.3, 0.4) is 0 Å². The molecule has 3 nitrogen and oxygen atoms in total. The largest absolute Gasteiger partial charge is 0.496 e. The predicted octanol–water partition coefficient (Wildman–Crippen LogP) is 3.03. The number of nitrogens with one attached hydrogen (secondary N) is 1. The molecule has 0 atom stereocenters. The van der Waals surface area contributed by atoms with Crippen LogP contribution in [0.4, 0.5) is 0 Å². The fourth-order valence-electron chi connectivity index (χ4n) is 3.36. The number of methoxy groups -OCH3 is 1. The second kappa shape index (κ2) is 5.76. The SMILES string of the molecule is COc1ccc2c3c1CCC(CCNC(C)=O)=C3C=CC2. The number of carbonyl (C=O) groups excluding carboxylic acids is 1. The third kappa shape index (κ3) is 2.60. The third-order valence-electron chi connectivity index (χ3n) is 4.33. The molecule has 0 spiro atoms. The molecular weight excluding hydrogens is 262 g/mol. The highest BCUT2D eigenvalue weighted by Crippen LogP contribution is 2.42. The van der Waals surface area contributed by atoms with Gasteiger partial charge < -0.3 is 10.1 Å². The zero-order valence-corrected chi connectivity index (χ0v) is 12.7. The molecule has 0 fully saturated rings. The summed E-state index contributed by atoms with van der Waals surface area (Å²) in [7, 11) is 1.74. The van der Waals surface area contributed by atoms with Crippen molar-refractivity contribution >= 4 is 11.5 Å². The van der Waals surface area contributed by atoms with Gasteiger partial charge in [0.15, 0.2) is 0 Å². The molecular formula is C18H21NO2. The van der Waals surface area contributed by atoms with E-state index in [4.69, 9.17) is 4.74 Å². The Kier molecular flexibility index (Phi) is 3.82. The van der Waals surface area contributed by atoms with Crippen LogP contribution in [0.5, 0.6) is 5.75 Å². The molecule has 3 rings (SSSR count). The van der Waals surface area contributed by atoms with Crippen LogP contribution >= 0.6 is 0 Å². The average molecular weight is 283 g/mol. The second-order valence-electron chi connectivity index (χ2n) is 5.64. The maximum Gasteiger partial charge on any atom is 0.216 e. The van der Waals surface area contributed by atoms with Crippen LogP contribution in [-0.2, 0) is 17.6 Å². The molecule has 1 aromatic carbocycles. The van der Waals surface area contributed by atoms with Gasteiger partial charge in [-0.05, 0) is 48.4 Å². The quantitative estimate of drug-likeness (QED) is 0.922. The summed E-state index contributed by atoms with van der Waals surface area (Å²) in [5.41, 5.74) is 6.90. The van der Waals surface area contributed by atoms with E-state index in [9.17, 15) is 4.79 Å². The first-order chi connectivity index (χ1) is 10.2. The highest BCUT2D eigenvalue weighted by atomic mass is 16.5. The summed E-state index contributed by atoms with van der Waals surface area (Å²) >= 11 is 0. The molecule has 0 unspecified atom stereocenters. The monoisotopic (exact) mass is 283 g/mol. The van der Waals surface area contributed by atoms with Crippen LogP contribution in [0.2, 0.25) is 0 Å². The summed E-state index contributed by atoms with van der Waals surface area (Å²) in [6, 6.07) is 4.27. The molecule has 0 bridgehead atoms. The number of hydrogen-bond acceptors (Lipinski definition) is 2. The molecule has 1 aromatic rings. The summed E-state index contributed by atoms with van der Waals surface area (Å²) in [6.45, 7) is 2.29. The fourth-order valence-corrected chi connectivity index (χ4v) is 3.36. The minimum Gasteiger partial charge on any atom is -0.496 e. The van der Waals surface area contributed by atoms with Crippen molar-refractivity contribution < 1.29 is 9.53 Å². The van der Waals surface area contributed by atoms with Crippen LogP contribution in [0.15, 0.2) is 29.9 Å². The van der Waals surface area contributed by atoms with Gasteiger partial charge in [-0.25, -0.2) is 0 Å². The Morgan fingerprint density at radius 3 is 2.95 bits per heavy atom. The van der Waals surface area contributed by atoms with Crippen molar-refractivity contribution in [2.45, 2.75) is 32.6 Å². The topological polar surface area (TPSA) is 38.3 Å². The van der Waals surface area contributed by atoms with Crippen LogP contribution in [0.1, 0.15) is 36.5 Å². The minimum absolute atomic E-state index is 0.0401. The van der Waals surface area contributed by atoms with Gasteiger partial charge in [-0.3, -0.25) is 4.79 Å². The van der Waals surface area contributed by atoms with Crippen LogP contribution in [0, 0.1) is 0 Å². The lowest BCUT2D eigenvalue weighted by molar-refractivity contribution is -0.118. The maximum absolute atomic E-state index is 11.0. The Morgan fingerprint density at radius 2 is 2.19 bits per heavy atom. The van der Waals surface area contributed by atoms with Gasteiger partial charge in [-0.15, -0.1) is 0 Å². The van der Waals surface area contributed by atoms with Crippen molar-refractivity contribution in [3.05, 3.63) is 46.5 Å². The summed E-state index contributed by atoms with van der Waals surface area (Å²) in [4.78, 5) is 11.0. The summed E-state index contributed by atoms with van der Waals surface area (Å²) < 4.78 is 5.53. The van der Waals surface area contributed by atoms with Gasteiger partial charge in [-0.1, -0.05) is 23.8 Å². The van der Waals surface area contributed by atoms with E-state index in [1.807, 2.05) is 0 Å². The van der Waals surface area contributed by atoms with Gasteiger partial charge in [0.05, 0.1) is 7.11 Å². The van der Waals surface area contributed by atoms with Crippen molar-refractivity contribution in [2.75, 3.05) is 13.7 Å². The Balaban J connectivity index is 1.97. The van der Waals surface area contributed by atoms with Crippen molar-refractivity contribution in [1.82, 2.24) is 5.32 Å². The van der Waals surface area contributed by atoms with Gasteiger partial charge in [0.25, 0.3) is 0 Å². The molecule has 0 saturated heterocycles. The zero-order valence-electron chi connectivity index (χ0n) is 12.7. The molecule has 2 aliphatic rings. The number of amides is 1. The normalized spacial score (nSPS) is 15.7. The average Bonchev–Trinajstić information content (AvgIpc) is 2.49. The third-order valence-corrected chi connectivity index (χ3v) is 4.33. The Labute approximate surface area is 125 Å². The predicted molar refractivity (Wildman–Crippen MR) is 84.4 cm³/mol. The maximum atomic E-state index is 11.0. The molecule has 0 heterocycles. The number of ether oxygens (including phenoxy) is 1. The van der Waals surface area contributed by atoms with Crippen LogP contribution in [0.25, 0.3) is 5.57 Å². The Hall–Kier alpha value is -2.03. The lowest BCUT2D eigenvalue weighted by atomic mass is 9.78. The van der Waals surface area contributed by atoms with Crippen molar-refractivity contribution in [3.63, 3.8) is 0 Å². The molecule has 0 radical (unpaired) electrons. The molecule has 0 saturated carbocycles. The van der Waals surface area contributed by atoms with Crippen molar-refractivity contribution in [3.8, 4) is 5.75 Å². The lowest BCUT2D eigenvalue weighted by Gasteiger charge is -2.28. The molecule has 0 aliphatic heterocycles. The number of hydrogen-bond donors (Lipinski definition) is 1. The highest BCUT2D eigenvalue weighted by Gasteiger charge is 2.24. The van der Waals surface area contributed by atoms with E-state index in [0.29, 0.717) is 0 Å².